The standard InChI is InChI=1S/C21H30N4O6/c26-12-14-6-15(13-27)8-17(7-14)25-20(30)11-23-18(28)9-22-19(29)10-24-21(31)16-4-2-1-3-5-16/h6-8,16,26-27H,1-5,9-13H2,(H,22,29)(H,23,28)(H,24,31)(H,25,30). The van der Waals surface area contributed by atoms with Gasteiger partial charge in [-0.25, -0.2) is 0 Å². The number of anilines is 1. The second-order valence-corrected chi connectivity index (χ2v) is 7.51. The van der Waals surface area contributed by atoms with Crippen molar-refractivity contribution in [3.8, 4) is 0 Å². The lowest BCUT2D eigenvalue weighted by Crippen LogP contribution is -2.44. The Hall–Kier alpha value is -2.98. The third kappa shape index (κ3) is 8.73. The van der Waals surface area contributed by atoms with Gasteiger partial charge < -0.3 is 31.5 Å². The first-order valence-corrected chi connectivity index (χ1v) is 10.4. The summed E-state index contributed by atoms with van der Waals surface area (Å²) in [5.74, 6) is -1.72. The van der Waals surface area contributed by atoms with Crippen LogP contribution in [-0.2, 0) is 32.4 Å². The fraction of sp³-hybridized carbons (Fsp3) is 0.524. The largest absolute Gasteiger partial charge is 0.392 e. The van der Waals surface area contributed by atoms with E-state index in [-0.39, 0.29) is 44.7 Å². The molecule has 31 heavy (non-hydrogen) atoms. The molecule has 1 fully saturated rings. The van der Waals surface area contributed by atoms with Crippen molar-refractivity contribution in [2.45, 2.75) is 45.3 Å². The van der Waals surface area contributed by atoms with Gasteiger partial charge in [0.2, 0.25) is 23.6 Å². The third-order valence-electron chi connectivity index (χ3n) is 4.99. The maximum atomic E-state index is 12.0. The summed E-state index contributed by atoms with van der Waals surface area (Å²) in [6.07, 6.45) is 4.85. The number of rotatable bonds is 10. The molecule has 1 aromatic carbocycles. The summed E-state index contributed by atoms with van der Waals surface area (Å²) in [7, 11) is 0. The van der Waals surface area contributed by atoms with E-state index >= 15 is 0 Å². The van der Waals surface area contributed by atoms with Gasteiger partial charge in [0, 0.05) is 11.6 Å². The molecule has 10 nitrogen and oxygen atoms in total. The van der Waals surface area contributed by atoms with Crippen molar-refractivity contribution in [2.75, 3.05) is 25.0 Å². The summed E-state index contributed by atoms with van der Waals surface area (Å²) in [6, 6.07) is 4.72. The maximum absolute atomic E-state index is 12.0. The number of aliphatic hydroxyl groups excluding tert-OH is 2. The fourth-order valence-corrected chi connectivity index (χ4v) is 3.38. The number of hydrogen-bond acceptors (Lipinski definition) is 6. The summed E-state index contributed by atoms with van der Waals surface area (Å²) in [6.45, 7) is -1.31. The highest BCUT2D eigenvalue weighted by Gasteiger charge is 2.21. The molecule has 6 N–H and O–H groups in total. The van der Waals surface area contributed by atoms with E-state index in [1.165, 1.54) is 0 Å². The molecule has 0 atom stereocenters. The molecule has 0 spiro atoms. The van der Waals surface area contributed by atoms with Crippen molar-refractivity contribution >= 4 is 29.3 Å². The van der Waals surface area contributed by atoms with Crippen LogP contribution in [0.5, 0.6) is 0 Å². The molecule has 0 bridgehead atoms. The average Bonchev–Trinajstić information content (AvgIpc) is 2.79. The van der Waals surface area contributed by atoms with Crippen molar-refractivity contribution in [1.82, 2.24) is 16.0 Å². The van der Waals surface area contributed by atoms with E-state index < -0.39 is 17.7 Å². The Kier molecular flexibility index (Phi) is 9.92. The molecule has 4 amide bonds. The zero-order valence-electron chi connectivity index (χ0n) is 17.4. The van der Waals surface area contributed by atoms with Crippen LogP contribution in [0.1, 0.15) is 43.2 Å². The molecule has 1 aliphatic rings. The van der Waals surface area contributed by atoms with Gasteiger partial charge in [0.05, 0.1) is 32.8 Å². The number of amides is 4. The number of carbonyl (C=O) groups excluding carboxylic acids is 4. The molecule has 10 heteroatoms. The van der Waals surface area contributed by atoms with Gasteiger partial charge in [0.25, 0.3) is 0 Å². The van der Waals surface area contributed by atoms with E-state index in [0.717, 1.165) is 32.1 Å². The highest BCUT2D eigenvalue weighted by molar-refractivity contribution is 5.95. The minimum absolute atomic E-state index is 0.0464. The molecular formula is C21H30N4O6. The Labute approximate surface area is 180 Å². The SMILES string of the molecule is O=C(CNC(=O)CNC(=O)C1CCCCC1)NCC(=O)Nc1cc(CO)cc(CO)c1. The van der Waals surface area contributed by atoms with Crippen molar-refractivity contribution in [1.29, 1.82) is 0 Å². The van der Waals surface area contributed by atoms with Crippen LogP contribution in [0.2, 0.25) is 0 Å². The van der Waals surface area contributed by atoms with E-state index in [2.05, 4.69) is 21.3 Å². The van der Waals surface area contributed by atoms with Gasteiger partial charge in [-0.05, 0) is 36.1 Å². The Morgan fingerprint density at radius 2 is 1.26 bits per heavy atom. The number of aliphatic hydroxyl groups is 2. The molecule has 2 rings (SSSR count). The van der Waals surface area contributed by atoms with Gasteiger partial charge in [-0.2, -0.15) is 0 Å². The number of carbonyl (C=O) groups is 4. The molecule has 0 heterocycles. The molecule has 0 aromatic heterocycles. The van der Waals surface area contributed by atoms with Crippen LogP contribution < -0.4 is 21.3 Å². The minimum atomic E-state index is -0.553. The zero-order chi connectivity index (χ0) is 22.6. The van der Waals surface area contributed by atoms with Gasteiger partial charge >= 0.3 is 0 Å². The quantitative estimate of drug-likeness (QED) is 0.293. The Bertz CT molecular complexity index is 770. The van der Waals surface area contributed by atoms with Gasteiger partial charge in [-0.15, -0.1) is 0 Å². The smallest absolute Gasteiger partial charge is 0.243 e. The van der Waals surface area contributed by atoms with Crippen LogP contribution in [-0.4, -0.2) is 53.5 Å². The second kappa shape index (κ2) is 12.7. The van der Waals surface area contributed by atoms with Crippen LogP contribution >= 0.6 is 0 Å². The minimum Gasteiger partial charge on any atom is -0.392 e. The molecule has 1 aromatic rings. The summed E-state index contributed by atoms with van der Waals surface area (Å²) in [4.78, 5) is 47.6. The molecule has 0 aliphatic heterocycles. The van der Waals surface area contributed by atoms with Crippen molar-refractivity contribution in [3.05, 3.63) is 29.3 Å². The van der Waals surface area contributed by atoms with Crippen LogP contribution in [0, 0.1) is 5.92 Å². The predicted molar refractivity (Wildman–Crippen MR) is 113 cm³/mol. The van der Waals surface area contributed by atoms with E-state index in [9.17, 15) is 29.4 Å². The first kappa shape index (κ1) is 24.3. The summed E-state index contributed by atoms with van der Waals surface area (Å²) in [5, 5.41) is 28.4. The van der Waals surface area contributed by atoms with Crippen LogP contribution in [0.25, 0.3) is 0 Å². The van der Waals surface area contributed by atoms with Crippen LogP contribution in [0.3, 0.4) is 0 Å². The molecular weight excluding hydrogens is 404 g/mol. The second-order valence-electron chi connectivity index (χ2n) is 7.51. The number of benzene rings is 1. The van der Waals surface area contributed by atoms with Gasteiger partial charge in [0.1, 0.15) is 0 Å². The highest BCUT2D eigenvalue weighted by atomic mass is 16.3. The van der Waals surface area contributed by atoms with E-state index in [1.807, 2.05) is 0 Å². The lowest BCUT2D eigenvalue weighted by Gasteiger charge is -2.20. The molecule has 0 radical (unpaired) electrons. The third-order valence-corrected chi connectivity index (χ3v) is 4.99. The lowest BCUT2D eigenvalue weighted by atomic mass is 9.89. The first-order valence-electron chi connectivity index (χ1n) is 10.4. The molecule has 0 saturated heterocycles. The van der Waals surface area contributed by atoms with E-state index in [0.29, 0.717) is 16.8 Å². The van der Waals surface area contributed by atoms with Gasteiger partial charge in [-0.3, -0.25) is 19.2 Å². The highest BCUT2D eigenvalue weighted by Crippen LogP contribution is 2.23. The number of hydrogen-bond donors (Lipinski definition) is 6. The average molecular weight is 434 g/mol. The summed E-state index contributed by atoms with van der Waals surface area (Å²) >= 11 is 0. The Morgan fingerprint density at radius 1 is 0.742 bits per heavy atom. The van der Waals surface area contributed by atoms with Gasteiger partial charge in [0.15, 0.2) is 0 Å². The van der Waals surface area contributed by atoms with Gasteiger partial charge in [-0.1, -0.05) is 25.3 Å². The van der Waals surface area contributed by atoms with Crippen molar-refractivity contribution < 1.29 is 29.4 Å². The molecule has 1 saturated carbocycles. The fourth-order valence-electron chi connectivity index (χ4n) is 3.38. The zero-order valence-corrected chi connectivity index (χ0v) is 17.4. The summed E-state index contributed by atoms with van der Waals surface area (Å²) < 4.78 is 0. The van der Waals surface area contributed by atoms with Crippen LogP contribution in [0.15, 0.2) is 18.2 Å². The lowest BCUT2D eigenvalue weighted by molar-refractivity contribution is -0.130. The Balaban J connectivity index is 1.65. The topological polar surface area (TPSA) is 157 Å². The van der Waals surface area contributed by atoms with Crippen LogP contribution in [0.4, 0.5) is 5.69 Å². The Morgan fingerprint density at radius 3 is 1.81 bits per heavy atom. The normalized spacial score (nSPS) is 13.9. The first-order chi connectivity index (χ1) is 14.9. The van der Waals surface area contributed by atoms with E-state index in [4.69, 9.17) is 0 Å². The summed E-state index contributed by atoms with van der Waals surface area (Å²) in [5.41, 5.74) is 1.45. The monoisotopic (exact) mass is 434 g/mol. The van der Waals surface area contributed by atoms with Crippen molar-refractivity contribution in [2.24, 2.45) is 5.92 Å². The molecule has 170 valence electrons. The predicted octanol–water partition coefficient (Wildman–Crippen LogP) is -0.461. The molecule has 1 aliphatic carbocycles. The van der Waals surface area contributed by atoms with E-state index in [1.54, 1.807) is 18.2 Å². The van der Waals surface area contributed by atoms with Crippen molar-refractivity contribution in [3.63, 3.8) is 0 Å². The maximum Gasteiger partial charge on any atom is 0.243 e. The number of nitrogens with one attached hydrogen (secondary N) is 4. The molecule has 0 unspecified atom stereocenters.